The Labute approximate surface area is 170 Å². The molecule has 0 bridgehead atoms. The highest BCUT2D eigenvalue weighted by Crippen LogP contribution is 2.22. The fourth-order valence-corrected chi connectivity index (χ4v) is 3.41. The maximum atomic E-state index is 6.19. The quantitative estimate of drug-likeness (QED) is 0.390. The van der Waals surface area contributed by atoms with E-state index in [0.29, 0.717) is 11.6 Å². The van der Waals surface area contributed by atoms with Crippen molar-refractivity contribution in [2.45, 2.75) is 32.8 Å². The number of benzene rings is 1. The third-order valence-corrected chi connectivity index (χ3v) is 4.99. The zero-order valence-electron chi connectivity index (χ0n) is 16.5. The second-order valence-electron chi connectivity index (χ2n) is 7.22. The van der Waals surface area contributed by atoms with E-state index in [-0.39, 0.29) is 6.61 Å². The van der Waals surface area contributed by atoms with Crippen molar-refractivity contribution in [2.75, 3.05) is 18.0 Å². The van der Waals surface area contributed by atoms with E-state index >= 15 is 0 Å². The first kappa shape index (κ1) is 19.0. The first-order valence-electron chi connectivity index (χ1n) is 9.89. The number of nitrogens with two attached hydrogens (primary N) is 1. The molecule has 1 saturated heterocycles. The summed E-state index contributed by atoms with van der Waals surface area (Å²) in [6.07, 6.45) is 5.37. The van der Waals surface area contributed by atoms with Crippen LogP contribution in [0.2, 0.25) is 0 Å². The fraction of sp³-hybridized carbons (Fsp3) is 0.318. The van der Waals surface area contributed by atoms with Gasteiger partial charge in [0.2, 0.25) is 0 Å². The Hall–Kier alpha value is -3.35. The second kappa shape index (κ2) is 8.77. The molecule has 4 rings (SSSR count). The Kier molecular flexibility index (Phi) is 5.74. The van der Waals surface area contributed by atoms with Crippen LogP contribution in [0.5, 0.6) is 0 Å². The molecule has 0 saturated carbocycles. The fourth-order valence-electron chi connectivity index (χ4n) is 3.41. The van der Waals surface area contributed by atoms with Gasteiger partial charge in [-0.15, -0.1) is 0 Å². The van der Waals surface area contributed by atoms with Crippen molar-refractivity contribution in [3.8, 4) is 11.3 Å². The van der Waals surface area contributed by atoms with E-state index in [1.54, 1.807) is 6.20 Å². The predicted octanol–water partition coefficient (Wildman–Crippen LogP) is 3.87. The highest BCUT2D eigenvalue weighted by Gasteiger charge is 2.17. The van der Waals surface area contributed by atoms with Crippen LogP contribution in [-0.2, 0) is 11.4 Å². The number of rotatable bonds is 6. The summed E-state index contributed by atoms with van der Waals surface area (Å²) in [6.45, 7) is 4.17. The number of oxime groups is 1. The molecular formula is C22H25N5O2. The number of aromatic nitrogens is 2. The standard InChI is InChI=1S/C22H25N5O2/c1-16-7-9-17(10-8-16)20-14-18(29-25-20)15-28-26-21(23)19-6-5-11-24-22(19)27-12-3-2-4-13-27/h5-11,14H,2-4,12-13,15H2,1H3,(H2,23,26). The van der Waals surface area contributed by atoms with Crippen molar-refractivity contribution >= 4 is 11.7 Å². The molecule has 1 aliphatic heterocycles. The van der Waals surface area contributed by atoms with Gasteiger partial charge in [-0.05, 0) is 38.3 Å². The lowest BCUT2D eigenvalue weighted by Crippen LogP contribution is -2.32. The lowest BCUT2D eigenvalue weighted by Gasteiger charge is -2.29. The summed E-state index contributed by atoms with van der Waals surface area (Å²) >= 11 is 0. The molecule has 1 aliphatic rings. The number of aryl methyl sites for hydroxylation is 1. The van der Waals surface area contributed by atoms with Crippen molar-refractivity contribution in [3.63, 3.8) is 0 Å². The van der Waals surface area contributed by atoms with E-state index in [1.165, 1.54) is 24.8 Å². The van der Waals surface area contributed by atoms with Crippen molar-refractivity contribution < 1.29 is 9.36 Å². The minimum atomic E-state index is 0.152. The van der Waals surface area contributed by atoms with E-state index < -0.39 is 0 Å². The van der Waals surface area contributed by atoms with Crippen molar-refractivity contribution in [3.05, 3.63) is 65.5 Å². The van der Waals surface area contributed by atoms with Gasteiger partial charge in [0.1, 0.15) is 11.5 Å². The van der Waals surface area contributed by atoms with E-state index in [4.69, 9.17) is 15.1 Å². The molecule has 0 unspecified atom stereocenters. The van der Waals surface area contributed by atoms with Gasteiger partial charge in [-0.1, -0.05) is 40.1 Å². The summed E-state index contributed by atoms with van der Waals surface area (Å²) in [5, 5.41) is 8.17. The van der Waals surface area contributed by atoms with E-state index in [9.17, 15) is 0 Å². The average molecular weight is 391 g/mol. The van der Waals surface area contributed by atoms with Crippen LogP contribution < -0.4 is 10.6 Å². The zero-order chi connectivity index (χ0) is 20.1. The molecule has 3 heterocycles. The molecule has 29 heavy (non-hydrogen) atoms. The summed E-state index contributed by atoms with van der Waals surface area (Å²) in [6, 6.07) is 13.7. The Bertz CT molecular complexity index is 975. The van der Waals surface area contributed by atoms with Crippen LogP contribution in [0, 0.1) is 6.92 Å². The molecule has 0 aliphatic carbocycles. The smallest absolute Gasteiger partial charge is 0.177 e. The maximum Gasteiger partial charge on any atom is 0.177 e. The Morgan fingerprint density at radius 3 is 2.76 bits per heavy atom. The number of anilines is 1. The van der Waals surface area contributed by atoms with Crippen molar-refractivity contribution in [2.24, 2.45) is 10.9 Å². The van der Waals surface area contributed by atoms with E-state index in [0.717, 1.165) is 35.7 Å². The molecule has 150 valence electrons. The van der Waals surface area contributed by atoms with Crippen molar-refractivity contribution in [1.29, 1.82) is 0 Å². The van der Waals surface area contributed by atoms with E-state index in [2.05, 4.69) is 20.2 Å². The van der Waals surface area contributed by atoms with Gasteiger partial charge in [0.25, 0.3) is 0 Å². The molecule has 3 aromatic rings. The van der Waals surface area contributed by atoms with Gasteiger partial charge in [-0.2, -0.15) is 0 Å². The van der Waals surface area contributed by atoms with Crippen molar-refractivity contribution in [1.82, 2.24) is 10.1 Å². The molecule has 0 atom stereocenters. The summed E-state index contributed by atoms with van der Waals surface area (Å²) < 4.78 is 5.35. The van der Waals surface area contributed by atoms with Crippen LogP contribution in [0.15, 0.2) is 58.3 Å². The van der Waals surface area contributed by atoms with Gasteiger partial charge in [-0.25, -0.2) is 4.98 Å². The molecule has 7 heteroatoms. The maximum absolute atomic E-state index is 6.19. The minimum absolute atomic E-state index is 0.152. The molecule has 0 amide bonds. The third-order valence-electron chi connectivity index (χ3n) is 4.99. The number of hydrogen-bond donors (Lipinski definition) is 1. The summed E-state index contributed by atoms with van der Waals surface area (Å²) in [5.41, 5.74) is 9.93. The second-order valence-corrected chi connectivity index (χ2v) is 7.22. The molecule has 0 radical (unpaired) electrons. The van der Waals surface area contributed by atoms with Gasteiger partial charge in [0.15, 0.2) is 18.2 Å². The summed E-state index contributed by atoms with van der Waals surface area (Å²) in [7, 11) is 0. The zero-order valence-corrected chi connectivity index (χ0v) is 16.5. The molecule has 1 fully saturated rings. The monoisotopic (exact) mass is 391 g/mol. The third kappa shape index (κ3) is 4.56. The highest BCUT2D eigenvalue weighted by molar-refractivity contribution is 6.01. The van der Waals surface area contributed by atoms with Gasteiger partial charge in [-0.3, -0.25) is 0 Å². The Morgan fingerprint density at radius 1 is 1.17 bits per heavy atom. The molecule has 1 aromatic carbocycles. The lowest BCUT2D eigenvalue weighted by atomic mass is 10.1. The van der Waals surface area contributed by atoms with Crippen LogP contribution in [0.25, 0.3) is 11.3 Å². The Balaban J connectivity index is 1.42. The molecule has 7 nitrogen and oxygen atoms in total. The van der Waals surface area contributed by atoms with Crippen LogP contribution in [-0.4, -0.2) is 29.1 Å². The first-order chi connectivity index (χ1) is 14.2. The van der Waals surface area contributed by atoms with Crippen LogP contribution >= 0.6 is 0 Å². The van der Waals surface area contributed by atoms with Crippen LogP contribution in [0.4, 0.5) is 5.82 Å². The number of amidine groups is 1. The minimum Gasteiger partial charge on any atom is -0.386 e. The normalized spacial score (nSPS) is 14.8. The number of piperidine rings is 1. The van der Waals surface area contributed by atoms with Gasteiger partial charge >= 0.3 is 0 Å². The largest absolute Gasteiger partial charge is 0.386 e. The van der Waals surface area contributed by atoms with Crippen LogP contribution in [0.1, 0.15) is 36.1 Å². The van der Waals surface area contributed by atoms with Gasteiger partial charge in [0.05, 0.1) is 5.56 Å². The molecular weight excluding hydrogens is 366 g/mol. The Morgan fingerprint density at radius 2 is 1.97 bits per heavy atom. The van der Waals surface area contributed by atoms with Gasteiger partial charge in [0, 0.05) is 30.9 Å². The molecule has 0 spiro atoms. The number of nitrogens with zero attached hydrogens (tertiary/aromatic N) is 4. The van der Waals surface area contributed by atoms with E-state index in [1.807, 2.05) is 49.4 Å². The SMILES string of the molecule is Cc1ccc(-c2cc(CO/N=C(\N)c3cccnc3N3CCCCC3)on2)cc1. The molecule has 2 N–H and O–H groups in total. The highest BCUT2D eigenvalue weighted by atomic mass is 16.6. The first-order valence-corrected chi connectivity index (χ1v) is 9.89. The topological polar surface area (TPSA) is 89.8 Å². The summed E-state index contributed by atoms with van der Waals surface area (Å²) in [5.74, 6) is 1.75. The van der Waals surface area contributed by atoms with Gasteiger partial charge < -0.3 is 20.0 Å². The average Bonchev–Trinajstić information content (AvgIpc) is 3.24. The predicted molar refractivity (Wildman–Crippen MR) is 112 cm³/mol. The number of pyridine rings is 1. The lowest BCUT2D eigenvalue weighted by molar-refractivity contribution is 0.109. The summed E-state index contributed by atoms with van der Waals surface area (Å²) in [4.78, 5) is 12.2. The van der Waals surface area contributed by atoms with Crippen LogP contribution in [0.3, 0.4) is 0 Å². The molecule has 2 aromatic heterocycles. The number of hydrogen-bond acceptors (Lipinski definition) is 6.